The molecule has 0 spiro atoms. The Morgan fingerprint density at radius 2 is 2.23 bits per heavy atom. The normalized spacial score (nSPS) is 10.8. The first-order valence-electron chi connectivity index (χ1n) is 3.46. The van der Waals surface area contributed by atoms with Crippen molar-refractivity contribution in [2.24, 2.45) is 5.73 Å². The van der Waals surface area contributed by atoms with E-state index in [2.05, 4.69) is 4.98 Å². The van der Waals surface area contributed by atoms with Gasteiger partial charge in [0.25, 0.3) is 6.43 Å². The Morgan fingerprint density at radius 1 is 1.62 bits per heavy atom. The van der Waals surface area contributed by atoms with Gasteiger partial charge in [-0.3, -0.25) is 4.79 Å². The highest BCUT2D eigenvalue weighted by Crippen LogP contribution is 2.21. The van der Waals surface area contributed by atoms with Crippen molar-refractivity contribution < 1.29 is 8.78 Å². The van der Waals surface area contributed by atoms with Crippen molar-refractivity contribution in [2.75, 3.05) is 0 Å². The molecule has 0 bridgehead atoms. The SMILES string of the molecule is NCc1c[nH]c(C(F)F)c(Cl)c1=O. The molecule has 0 unspecified atom stereocenters. The van der Waals surface area contributed by atoms with Gasteiger partial charge in [0, 0.05) is 18.3 Å². The van der Waals surface area contributed by atoms with Crippen molar-refractivity contribution in [1.82, 2.24) is 4.98 Å². The predicted molar refractivity (Wildman–Crippen MR) is 44.9 cm³/mol. The van der Waals surface area contributed by atoms with Gasteiger partial charge in [0.05, 0.1) is 0 Å². The minimum atomic E-state index is -2.79. The fourth-order valence-electron chi connectivity index (χ4n) is 0.867. The van der Waals surface area contributed by atoms with Crippen LogP contribution in [0.1, 0.15) is 17.7 Å². The molecule has 0 aliphatic heterocycles. The number of nitrogens with one attached hydrogen (secondary N) is 1. The van der Waals surface area contributed by atoms with E-state index in [1.54, 1.807) is 0 Å². The number of alkyl halides is 2. The summed E-state index contributed by atoms with van der Waals surface area (Å²) in [4.78, 5) is 13.4. The monoisotopic (exact) mass is 208 g/mol. The number of hydrogen-bond acceptors (Lipinski definition) is 2. The third kappa shape index (κ3) is 1.87. The fourth-order valence-corrected chi connectivity index (χ4v) is 1.13. The average Bonchev–Trinajstić information content (AvgIpc) is 2.09. The Balaban J connectivity index is 3.32. The Hall–Kier alpha value is -0.940. The Kier molecular flexibility index (Phi) is 3.00. The second kappa shape index (κ2) is 3.85. The molecule has 0 fully saturated rings. The van der Waals surface area contributed by atoms with Gasteiger partial charge < -0.3 is 10.7 Å². The van der Waals surface area contributed by atoms with E-state index in [1.807, 2.05) is 0 Å². The van der Waals surface area contributed by atoms with Gasteiger partial charge in [-0.1, -0.05) is 11.6 Å². The molecule has 1 heterocycles. The molecule has 0 saturated carbocycles. The molecule has 3 nitrogen and oxygen atoms in total. The molecule has 0 aromatic carbocycles. The first-order chi connectivity index (χ1) is 6.07. The lowest BCUT2D eigenvalue weighted by Crippen LogP contribution is -2.16. The van der Waals surface area contributed by atoms with Crippen molar-refractivity contribution in [3.8, 4) is 0 Å². The van der Waals surface area contributed by atoms with Gasteiger partial charge in [-0.25, -0.2) is 8.78 Å². The topological polar surface area (TPSA) is 58.9 Å². The van der Waals surface area contributed by atoms with Crippen molar-refractivity contribution in [2.45, 2.75) is 13.0 Å². The fraction of sp³-hybridized carbons (Fsp3) is 0.286. The van der Waals surface area contributed by atoms with Crippen LogP contribution in [0.25, 0.3) is 0 Å². The summed E-state index contributed by atoms with van der Waals surface area (Å²) in [6, 6.07) is 0. The van der Waals surface area contributed by atoms with Crippen LogP contribution in [0, 0.1) is 0 Å². The second-order valence-corrected chi connectivity index (χ2v) is 2.75. The number of hydrogen-bond donors (Lipinski definition) is 2. The van der Waals surface area contributed by atoms with Crippen molar-refractivity contribution in [1.29, 1.82) is 0 Å². The standard InChI is InChI=1S/C7H7ClF2N2O/c8-4-5(7(9)10)12-2-3(1-11)6(4)13/h2,7H,1,11H2,(H,12,13). The highest BCUT2D eigenvalue weighted by molar-refractivity contribution is 6.31. The maximum Gasteiger partial charge on any atom is 0.279 e. The van der Waals surface area contributed by atoms with Crippen LogP contribution in [-0.4, -0.2) is 4.98 Å². The zero-order valence-electron chi connectivity index (χ0n) is 6.48. The molecule has 0 saturated heterocycles. The van der Waals surface area contributed by atoms with Crippen LogP contribution in [0.15, 0.2) is 11.0 Å². The highest BCUT2D eigenvalue weighted by atomic mass is 35.5. The molecular weight excluding hydrogens is 202 g/mol. The second-order valence-electron chi connectivity index (χ2n) is 2.38. The number of rotatable bonds is 2. The summed E-state index contributed by atoms with van der Waals surface area (Å²) in [5.74, 6) is 0. The lowest BCUT2D eigenvalue weighted by atomic mass is 10.2. The van der Waals surface area contributed by atoms with Crippen LogP contribution >= 0.6 is 11.6 Å². The third-order valence-corrected chi connectivity index (χ3v) is 1.94. The number of H-pyrrole nitrogens is 1. The molecule has 1 aromatic rings. The highest BCUT2D eigenvalue weighted by Gasteiger charge is 2.16. The number of pyridine rings is 1. The van der Waals surface area contributed by atoms with Crippen LogP contribution < -0.4 is 11.2 Å². The lowest BCUT2D eigenvalue weighted by molar-refractivity contribution is 0.146. The molecule has 6 heteroatoms. The number of halogens is 3. The van der Waals surface area contributed by atoms with Gasteiger partial charge in [0.2, 0.25) is 5.43 Å². The minimum absolute atomic E-state index is 0.0292. The van der Waals surface area contributed by atoms with Gasteiger partial charge in [-0.15, -0.1) is 0 Å². The van der Waals surface area contributed by atoms with Gasteiger partial charge in [0.15, 0.2) is 0 Å². The van der Waals surface area contributed by atoms with Gasteiger partial charge in [-0.2, -0.15) is 0 Å². The molecule has 0 radical (unpaired) electrons. The molecule has 0 aliphatic rings. The summed E-state index contributed by atoms with van der Waals surface area (Å²) < 4.78 is 24.3. The first-order valence-corrected chi connectivity index (χ1v) is 3.84. The van der Waals surface area contributed by atoms with E-state index in [1.165, 1.54) is 0 Å². The van der Waals surface area contributed by atoms with Crippen molar-refractivity contribution in [3.05, 3.63) is 32.7 Å². The van der Waals surface area contributed by atoms with E-state index < -0.39 is 22.6 Å². The minimum Gasteiger partial charge on any atom is -0.359 e. The number of nitrogens with two attached hydrogens (primary N) is 1. The van der Waals surface area contributed by atoms with Gasteiger partial charge in [-0.05, 0) is 0 Å². The number of aromatic nitrogens is 1. The molecule has 13 heavy (non-hydrogen) atoms. The average molecular weight is 209 g/mol. The number of aromatic amines is 1. The molecule has 1 aromatic heterocycles. The van der Waals surface area contributed by atoms with Crippen molar-refractivity contribution in [3.63, 3.8) is 0 Å². The van der Waals surface area contributed by atoms with E-state index in [4.69, 9.17) is 17.3 Å². The molecular formula is C7H7ClF2N2O. The van der Waals surface area contributed by atoms with Crippen LogP contribution in [0.3, 0.4) is 0 Å². The summed E-state index contributed by atoms with van der Waals surface area (Å²) in [7, 11) is 0. The van der Waals surface area contributed by atoms with Crippen LogP contribution in [0.5, 0.6) is 0 Å². The Labute approximate surface area is 77.5 Å². The zero-order chi connectivity index (χ0) is 10.0. The van der Waals surface area contributed by atoms with Crippen LogP contribution in [-0.2, 0) is 6.54 Å². The summed E-state index contributed by atoms with van der Waals surface area (Å²) in [6.45, 7) is -0.0292. The summed E-state index contributed by atoms with van der Waals surface area (Å²) in [5, 5.41) is -0.488. The Morgan fingerprint density at radius 3 is 2.69 bits per heavy atom. The molecule has 0 atom stereocenters. The molecule has 0 aliphatic carbocycles. The molecule has 1 rings (SSSR count). The zero-order valence-corrected chi connectivity index (χ0v) is 7.24. The molecule has 72 valence electrons. The predicted octanol–water partition coefficient (Wildman–Crippen LogP) is 1.42. The largest absolute Gasteiger partial charge is 0.359 e. The van der Waals surface area contributed by atoms with E-state index in [0.717, 1.165) is 6.20 Å². The maximum absolute atomic E-state index is 12.2. The summed E-state index contributed by atoms with van der Waals surface area (Å²) in [5.41, 5.74) is 4.16. The first kappa shape index (κ1) is 10.1. The van der Waals surface area contributed by atoms with E-state index in [0.29, 0.717) is 0 Å². The maximum atomic E-state index is 12.2. The van der Waals surface area contributed by atoms with E-state index >= 15 is 0 Å². The van der Waals surface area contributed by atoms with Crippen LogP contribution in [0.2, 0.25) is 5.02 Å². The van der Waals surface area contributed by atoms with Gasteiger partial charge >= 0.3 is 0 Å². The van der Waals surface area contributed by atoms with Crippen LogP contribution in [0.4, 0.5) is 8.78 Å². The van der Waals surface area contributed by atoms with E-state index in [9.17, 15) is 13.6 Å². The third-order valence-electron chi connectivity index (χ3n) is 1.57. The Bertz CT molecular complexity index is 364. The lowest BCUT2D eigenvalue weighted by Gasteiger charge is -2.03. The van der Waals surface area contributed by atoms with Gasteiger partial charge in [0.1, 0.15) is 10.7 Å². The smallest absolute Gasteiger partial charge is 0.279 e. The summed E-state index contributed by atoms with van der Waals surface area (Å²) >= 11 is 5.39. The molecule has 0 amide bonds. The quantitative estimate of drug-likeness (QED) is 0.772. The molecule has 3 N–H and O–H groups in total. The van der Waals surface area contributed by atoms with Crippen molar-refractivity contribution >= 4 is 11.6 Å². The summed E-state index contributed by atoms with van der Waals surface area (Å²) in [6.07, 6.45) is -1.64. The van der Waals surface area contributed by atoms with E-state index in [-0.39, 0.29) is 12.1 Å².